The van der Waals surface area contributed by atoms with Crippen LogP contribution in [0.4, 0.5) is 0 Å². The Kier molecular flexibility index (Phi) is 7.38. The molecule has 0 bridgehead atoms. The van der Waals surface area contributed by atoms with Gasteiger partial charge in [0.1, 0.15) is 12.4 Å². The van der Waals surface area contributed by atoms with Gasteiger partial charge in [-0.1, -0.05) is 37.6 Å². The molecule has 1 N–H and O–H groups in total. The standard InChI is InChI=1S/C20H26N2O4S/c1-4-22(5-2)27(24,25)19-8-6-7-17(15-19)20(23)21-13-14-26-18-11-9-16(3)10-12-18/h6-12,15H,4-5,13-14H2,1-3H3,(H,21,23). The summed E-state index contributed by atoms with van der Waals surface area (Å²) >= 11 is 0. The molecule has 6 nitrogen and oxygen atoms in total. The maximum absolute atomic E-state index is 12.6. The Morgan fingerprint density at radius 2 is 1.74 bits per heavy atom. The highest BCUT2D eigenvalue weighted by Crippen LogP contribution is 2.17. The maximum Gasteiger partial charge on any atom is 0.251 e. The van der Waals surface area contributed by atoms with E-state index in [1.807, 2.05) is 31.2 Å². The van der Waals surface area contributed by atoms with Gasteiger partial charge in [-0.2, -0.15) is 4.31 Å². The van der Waals surface area contributed by atoms with Gasteiger partial charge in [0.25, 0.3) is 5.91 Å². The lowest BCUT2D eigenvalue weighted by molar-refractivity contribution is 0.0947. The molecule has 0 unspecified atom stereocenters. The smallest absolute Gasteiger partial charge is 0.251 e. The van der Waals surface area contributed by atoms with E-state index < -0.39 is 10.0 Å². The number of carbonyl (C=O) groups excluding carboxylic acids is 1. The van der Waals surface area contributed by atoms with Crippen LogP contribution >= 0.6 is 0 Å². The number of hydrogen-bond acceptors (Lipinski definition) is 4. The van der Waals surface area contributed by atoms with Gasteiger partial charge < -0.3 is 10.1 Å². The van der Waals surface area contributed by atoms with Crippen molar-refractivity contribution < 1.29 is 17.9 Å². The van der Waals surface area contributed by atoms with Crippen molar-refractivity contribution in [3.8, 4) is 5.75 Å². The molecule has 2 aromatic carbocycles. The van der Waals surface area contributed by atoms with Gasteiger partial charge in [0.15, 0.2) is 0 Å². The number of hydrogen-bond donors (Lipinski definition) is 1. The molecular formula is C20H26N2O4S. The molecule has 1 amide bonds. The van der Waals surface area contributed by atoms with Gasteiger partial charge in [-0.3, -0.25) is 4.79 Å². The van der Waals surface area contributed by atoms with Crippen LogP contribution in [0.1, 0.15) is 29.8 Å². The van der Waals surface area contributed by atoms with E-state index in [-0.39, 0.29) is 10.8 Å². The first-order valence-electron chi connectivity index (χ1n) is 8.96. The van der Waals surface area contributed by atoms with E-state index >= 15 is 0 Å². The zero-order valence-corrected chi connectivity index (χ0v) is 16.8. The molecule has 2 rings (SSSR count). The van der Waals surface area contributed by atoms with Gasteiger partial charge in [0.2, 0.25) is 10.0 Å². The summed E-state index contributed by atoms with van der Waals surface area (Å²) in [4.78, 5) is 12.4. The first kappa shape index (κ1) is 20.9. The lowest BCUT2D eigenvalue weighted by atomic mass is 10.2. The fraction of sp³-hybridized carbons (Fsp3) is 0.350. The zero-order valence-electron chi connectivity index (χ0n) is 15.9. The van der Waals surface area contributed by atoms with Crippen LogP contribution in [-0.4, -0.2) is 44.9 Å². The second-order valence-corrected chi connectivity index (χ2v) is 7.97. The molecular weight excluding hydrogens is 364 g/mol. The van der Waals surface area contributed by atoms with E-state index in [1.54, 1.807) is 26.0 Å². The quantitative estimate of drug-likeness (QED) is 0.668. The Labute approximate surface area is 161 Å². The summed E-state index contributed by atoms with van der Waals surface area (Å²) < 4.78 is 32.1. The maximum atomic E-state index is 12.6. The summed E-state index contributed by atoms with van der Waals surface area (Å²) in [6.07, 6.45) is 0. The van der Waals surface area contributed by atoms with Crippen molar-refractivity contribution in [3.05, 3.63) is 59.7 Å². The molecule has 0 aliphatic heterocycles. The Balaban J connectivity index is 1.95. The largest absolute Gasteiger partial charge is 0.492 e. The summed E-state index contributed by atoms with van der Waals surface area (Å²) in [6.45, 7) is 6.97. The minimum absolute atomic E-state index is 0.120. The monoisotopic (exact) mass is 390 g/mol. The van der Waals surface area contributed by atoms with Crippen molar-refractivity contribution >= 4 is 15.9 Å². The highest BCUT2D eigenvalue weighted by molar-refractivity contribution is 7.89. The number of rotatable bonds is 9. The van der Waals surface area contributed by atoms with Crippen molar-refractivity contribution in [1.82, 2.24) is 9.62 Å². The first-order chi connectivity index (χ1) is 12.9. The van der Waals surface area contributed by atoms with E-state index in [0.29, 0.717) is 31.8 Å². The van der Waals surface area contributed by atoms with Crippen molar-refractivity contribution in [2.45, 2.75) is 25.7 Å². The van der Waals surface area contributed by atoms with Crippen molar-refractivity contribution in [2.24, 2.45) is 0 Å². The summed E-state index contributed by atoms with van der Waals surface area (Å²) in [5, 5.41) is 2.74. The predicted molar refractivity (Wildman–Crippen MR) is 106 cm³/mol. The Hall–Kier alpha value is -2.38. The average molecular weight is 391 g/mol. The van der Waals surface area contributed by atoms with E-state index in [9.17, 15) is 13.2 Å². The van der Waals surface area contributed by atoms with Crippen LogP contribution < -0.4 is 10.1 Å². The molecule has 0 fully saturated rings. The van der Waals surface area contributed by atoms with Crippen LogP contribution in [0.25, 0.3) is 0 Å². The summed E-state index contributed by atoms with van der Waals surface area (Å²) in [5.41, 5.74) is 1.45. The number of aryl methyl sites for hydroxylation is 1. The van der Waals surface area contributed by atoms with E-state index in [1.165, 1.54) is 16.4 Å². The van der Waals surface area contributed by atoms with Crippen LogP contribution in [0.3, 0.4) is 0 Å². The fourth-order valence-corrected chi connectivity index (χ4v) is 4.08. The third kappa shape index (κ3) is 5.55. The third-order valence-electron chi connectivity index (χ3n) is 4.12. The molecule has 7 heteroatoms. The van der Waals surface area contributed by atoms with Crippen molar-refractivity contribution in [1.29, 1.82) is 0 Å². The molecule has 2 aromatic rings. The Morgan fingerprint density at radius 3 is 2.37 bits per heavy atom. The number of nitrogens with zero attached hydrogens (tertiary/aromatic N) is 1. The van der Waals surface area contributed by atoms with Crippen LogP contribution in [-0.2, 0) is 10.0 Å². The fourth-order valence-electron chi connectivity index (χ4n) is 2.58. The van der Waals surface area contributed by atoms with Crippen molar-refractivity contribution in [3.63, 3.8) is 0 Å². The van der Waals surface area contributed by atoms with E-state index in [4.69, 9.17) is 4.74 Å². The molecule has 0 radical (unpaired) electrons. The Bertz CT molecular complexity index is 860. The lowest BCUT2D eigenvalue weighted by Gasteiger charge is -2.18. The highest BCUT2D eigenvalue weighted by Gasteiger charge is 2.22. The predicted octanol–water partition coefficient (Wildman–Crippen LogP) is 2.83. The molecule has 0 saturated carbocycles. The third-order valence-corrected chi connectivity index (χ3v) is 6.16. The summed E-state index contributed by atoms with van der Waals surface area (Å²) in [7, 11) is -3.59. The van der Waals surface area contributed by atoms with E-state index in [0.717, 1.165) is 11.3 Å². The van der Waals surface area contributed by atoms with Crippen LogP contribution in [0, 0.1) is 6.92 Å². The molecule has 0 aliphatic rings. The summed E-state index contributed by atoms with van der Waals surface area (Å²) in [5.74, 6) is 0.404. The minimum atomic E-state index is -3.59. The van der Waals surface area contributed by atoms with Crippen LogP contribution in [0.5, 0.6) is 5.75 Å². The zero-order chi connectivity index (χ0) is 19.9. The second kappa shape index (κ2) is 9.53. The first-order valence-corrected chi connectivity index (χ1v) is 10.4. The molecule has 0 aliphatic carbocycles. The van der Waals surface area contributed by atoms with Gasteiger partial charge >= 0.3 is 0 Å². The normalized spacial score (nSPS) is 11.4. The number of ether oxygens (including phenoxy) is 1. The molecule has 0 aromatic heterocycles. The van der Waals surface area contributed by atoms with Gasteiger partial charge in [-0.25, -0.2) is 8.42 Å². The van der Waals surface area contributed by atoms with Crippen LogP contribution in [0.15, 0.2) is 53.4 Å². The van der Waals surface area contributed by atoms with E-state index in [2.05, 4.69) is 5.32 Å². The molecule has 0 spiro atoms. The van der Waals surface area contributed by atoms with Gasteiger partial charge in [0, 0.05) is 18.7 Å². The molecule has 0 saturated heterocycles. The highest BCUT2D eigenvalue weighted by atomic mass is 32.2. The number of amides is 1. The summed E-state index contributed by atoms with van der Waals surface area (Å²) in [6, 6.07) is 13.7. The minimum Gasteiger partial charge on any atom is -0.492 e. The second-order valence-electron chi connectivity index (χ2n) is 6.03. The number of carbonyl (C=O) groups is 1. The SMILES string of the molecule is CCN(CC)S(=O)(=O)c1cccc(C(=O)NCCOc2ccc(C)cc2)c1. The molecule has 27 heavy (non-hydrogen) atoms. The Morgan fingerprint density at radius 1 is 1.07 bits per heavy atom. The molecule has 0 atom stereocenters. The van der Waals surface area contributed by atoms with Gasteiger partial charge in [-0.05, 0) is 37.3 Å². The number of sulfonamides is 1. The molecule has 146 valence electrons. The van der Waals surface area contributed by atoms with Gasteiger partial charge in [0.05, 0.1) is 11.4 Å². The topological polar surface area (TPSA) is 75.7 Å². The van der Waals surface area contributed by atoms with Gasteiger partial charge in [-0.15, -0.1) is 0 Å². The van der Waals surface area contributed by atoms with Crippen LogP contribution in [0.2, 0.25) is 0 Å². The molecule has 0 heterocycles. The number of benzene rings is 2. The lowest BCUT2D eigenvalue weighted by Crippen LogP contribution is -2.31. The number of nitrogens with one attached hydrogen (secondary N) is 1. The van der Waals surface area contributed by atoms with Crippen molar-refractivity contribution in [2.75, 3.05) is 26.2 Å². The average Bonchev–Trinajstić information content (AvgIpc) is 2.67.